The second kappa shape index (κ2) is 10.5. The van der Waals surface area contributed by atoms with E-state index in [9.17, 15) is 14.0 Å². The van der Waals surface area contributed by atoms with Crippen molar-refractivity contribution in [1.82, 2.24) is 15.2 Å². The third-order valence-corrected chi connectivity index (χ3v) is 5.65. The maximum atomic E-state index is 14.7. The van der Waals surface area contributed by atoms with Crippen LogP contribution in [0.2, 0.25) is 0 Å². The van der Waals surface area contributed by atoms with Crippen molar-refractivity contribution in [2.75, 3.05) is 32.1 Å². The lowest BCUT2D eigenvalue weighted by Gasteiger charge is -2.25. The summed E-state index contributed by atoms with van der Waals surface area (Å²) in [4.78, 5) is 38.4. The maximum Gasteiger partial charge on any atom is 0.266 e. The van der Waals surface area contributed by atoms with E-state index in [1.807, 2.05) is 19.0 Å². The van der Waals surface area contributed by atoms with Gasteiger partial charge in [-0.15, -0.1) is 0 Å². The zero-order valence-corrected chi connectivity index (χ0v) is 19.6. The molecule has 0 radical (unpaired) electrons. The first-order chi connectivity index (χ1) is 16.9. The van der Waals surface area contributed by atoms with Gasteiger partial charge in [0.15, 0.2) is 6.17 Å². The smallest absolute Gasteiger partial charge is 0.266 e. The van der Waals surface area contributed by atoms with Crippen molar-refractivity contribution in [1.29, 1.82) is 0 Å². The quantitative estimate of drug-likeness (QED) is 0.546. The lowest BCUT2D eigenvalue weighted by atomic mass is 9.99. The topological polar surface area (TPSA) is 104 Å². The lowest BCUT2D eigenvalue weighted by molar-refractivity contribution is -0.119. The highest BCUT2D eigenvalue weighted by atomic mass is 19.1. The van der Waals surface area contributed by atoms with Gasteiger partial charge in [-0.05, 0) is 44.4 Å². The number of aliphatic imine (C=N–C) groups is 1. The molecular formula is C26H27FN6O2. The highest BCUT2D eigenvalue weighted by Crippen LogP contribution is 2.30. The highest BCUT2D eigenvalue weighted by molar-refractivity contribution is 6.20. The molecule has 0 bridgehead atoms. The van der Waals surface area contributed by atoms with Crippen molar-refractivity contribution in [2.24, 2.45) is 10.7 Å². The molecule has 1 unspecified atom stereocenters. The van der Waals surface area contributed by atoms with E-state index in [0.717, 1.165) is 0 Å². The van der Waals surface area contributed by atoms with E-state index in [4.69, 9.17) is 5.73 Å². The van der Waals surface area contributed by atoms with Crippen LogP contribution in [0.15, 0.2) is 71.9 Å². The Kier molecular flexibility index (Phi) is 7.28. The summed E-state index contributed by atoms with van der Waals surface area (Å²) < 4.78 is 14.7. The molecule has 180 valence electrons. The van der Waals surface area contributed by atoms with Gasteiger partial charge < -0.3 is 20.9 Å². The SMILES string of the molecule is CN(C)CCNC(=O)c1cccnc1CN1C(=O)C(N)N=C(c2ccccc2F)c2ccccc21. The molecule has 1 aliphatic rings. The molecule has 8 nitrogen and oxygen atoms in total. The van der Waals surface area contributed by atoms with Gasteiger partial charge in [-0.1, -0.05) is 30.3 Å². The lowest BCUT2D eigenvalue weighted by Crippen LogP contribution is -2.42. The molecule has 9 heteroatoms. The number of aromatic nitrogens is 1. The Labute approximate surface area is 203 Å². The van der Waals surface area contributed by atoms with Crippen LogP contribution < -0.4 is 16.0 Å². The van der Waals surface area contributed by atoms with Gasteiger partial charge in [-0.25, -0.2) is 4.39 Å². The summed E-state index contributed by atoms with van der Waals surface area (Å²) >= 11 is 0. The molecular weight excluding hydrogens is 447 g/mol. The average molecular weight is 475 g/mol. The fourth-order valence-corrected chi connectivity index (χ4v) is 3.89. The zero-order chi connectivity index (χ0) is 24.9. The van der Waals surface area contributed by atoms with Crippen molar-refractivity contribution in [3.05, 3.63) is 95.1 Å². The number of carbonyl (C=O) groups excluding carboxylic acids is 2. The summed E-state index contributed by atoms with van der Waals surface area (Å²) in [5.74, 6) is -1.22. The Morgan fingerprint density at radius 1 is 1.09 bits per heavy atom. The minimum Gasteiger partial charge on any atom is -0.351 e. The summed E-state index contributed by atoms with van der Waals surface area (Å²) in [7, 11) is 3.84. The Balaban J connectivity index is 1.71. The number of likely N-dealkylation sites (N-methyl/N-ethyl adjacent to an activating group) is 1. The van der Waals surface area contributed by atoms with Gasteiger partial charge >= 0.3 is 0 Å². The Bertz CT molecular complexity index is 1280. The third-order valence-electron chi connectivity index (χ3n) is 5.65. The number of anilines is 1. The molecule has 1 atom stereocenters. The summed E-state index contributed by atoms with van der Waals surface area (Å²) in [6, 6.07) is 16.7. The standard InChI is InChI=1S/C26H27FN6O2/c1-32(2)15-14-30-25(34)18-10-7-13-29-21(18)16-33-22-12-6-4-9-19(22)23(31-24(28)26(33)35)17-8-3-5-11-20(17)27/h3-13,24H,14-16,28H2,1-2H3,(H,30,34). The summed E-state index contributed by atoms with van der Waals surface area (Å²) in [6.45, 7) is 1.15. The third kappa shape index (κ3) is 5.26. The second-order valence-corrected chi connectivity index (χ2v) is 8.40. The van der Waals surface area contributed by atoms with Crippen molar-refractivity contribution in [2.45, 2.75) is 12.7 Å². The molecule has 3 N–H and O–H groups in total. The summed E-state index contributed by atoms with van der Waals surface area (Å²) in [5.41, 5.74) is 8.57. The number of amides is 2. The number of benzene rings is 2. The first-order valence-electron chi connectivity index (χ1n) is 11.2. The molecule has 35 heavy (non-hydrogen) atoms. The van der Waals surface area contributed by atoms with Gasteiger partial charge in [0.25, 0.3) is 11.8 Å². The van der Waals surface area contributed by atoms with E-state index in [-0.39, 0.29) is 18.0 Å². The average Bonchev–Trinajstić information content (AvgIpc) is 2.95. The van der Waals surface area contributed by atoms with Crippen molar-refractivity contribution in [3.63, 3.8) is 0 Å². The van der Waals surface area contributed by atoms with Crippen molar-refractivity contribution >= 4 is 23.2 Å². The zero-order valence-electron chi connectivity index (χ0n) is 19.6. The van der Waals surface area contributed by atoms with Crippen LogP contribution in [0, 0.1) is 5.82 Å². The van der Waals surface area contributed by atoms with Crippen LogP contribution in [0.3, 0.4) is 0 Å². The molecule has 0 spiro atoms. The van der Waals surface area contributed by atoms with E-state index < -0.39 is 17.9 Å². The minimum absolute atomic E-state index is 0.000885. The van der Waals surface area contributed by atoms with Gasteiger partial charge in [0.1, 0.15) is 5.82 Å². The normalized spacial score (nSPS) is 15.5. The Morgan fingerprint density at radius 3 is 2.54 bits per heavy atom. The fraction of sp³-hybridized carbons (Fsp3) is 0.231. The number of rotatable bonds is 7. The van der Waals surface area contributed by atoms with Crippen molar-refractivity contribution in [3.8, 4) is 0 Å². The molecule has 0 saturated heterocycles. The van der Waals surface area contributed by atoms with Gasteiger partial charge in [-0.2, -0.15) is 0 Å². The van der Waals surface area contributed by atoms with Gasteiger partial charge in [-0.3, -0.25) is 19.6 Å². The van der Waals surface area contributed by atoms with Crippen LogP contribution >= 0.6 is 0 Å². The minimum atomic E-state index is -1.25. The molecule has 0 saturated carbocycles. The van der Waals surface area contributed by atoms with E-state index in [1.165, 1.54) is 11.0 Å². The number of pyridine rings is 1. The van der Waals surface area contributed by atoms with Gasteiger partial charge in [0.2, 0.25) is 0 Å². The first-order valence-corrected chi connectivity index (χ1v) is 11.2. The van der Waals surface area contributed by atoms with E-state index in [1.54, 1.807) is 60.8 Å². The number of carbonyl (C=O) groups is 2. The second-order valence-electron chi connectivity index (χ2n) is 8.40. The number of para-hydroxylation sites is 1. The number of halogens is 1. The number of nitrogens with one attached hydrogen (secondary N) is 1. The number of benzodiazepines with no additional fused rings is 1. The summed E-state index contributed by atoms with van der Waals surface area (Å²) in [6.07, 6.45) is 0.319. The maximum absolute atomic E-state index is 14.7. The van der Waals surface area contributed by atoms with Crippen LogP contribution in [0.4, 0.5) is 10.1 Å². The van der Waals surface area contributed by atoms with Gasteiger partial charge in [0.05, 0.1) is 29.2 Å². The molecule has 1 aliphatic heterocycles. The number of hydrogen-bond acceptors (Lipinski definition) is 6. The van der Waals surface area contributed by atoms with E-state index >= 15 is 0 Å². The number of fused-ring (bicyclic) bond motifs is 1. The fourth-order valence-electron chi connectivity index (χ4n) is 3.89. The van der Waals surface area contributed by atoms with E-state index in [2.05, 4.69) is 15.3 Å². The van der Waals surface area contributed by atoms with Crippen LogP contribution in [0.5, 0.6) is 0 Å². The molecule has 4 rings (SSSR count). The Hall–Kier alpha value is -3.95. The molecule has 2 aromatic carbocycles. The van der Waals surface area contributed by atoms with E-state index in [0.29, 0.717) is 41.3 Å². The van der Waals surface area contributed by atoms with Crippen LogP contribution in [0.25, 0.3) is 0 Å². The number of hydrogen-bond donors (Lipinski definition) is 2. The predicted molar refractivity (Wildman–Crippen MR) is 133 cm³/mol. The van der Waals surface area contributed by atoms with Crippen LogP contribution in [-0.4, -0.2) is 60.8 Å². The molecule has 2 heterocycles. The highest BCUT2D eigenvalue weighted by Gasteiger charge is 2.31. The monoisotopic (exact) mass is 474 g/mol. The molecule has 1 aromatic heterocycles. The van der Waals surface area contributed by atoms with Crippen molar-refractivity contribution < 1.29 is 14.0 Å². The molecule has 0 aliphatic carbocycles. The van der Waals surface area contributed by atoms with Gasteiger partial charge in [0, 0.05) is 30.4 Å². The number of nitrogens with zero attached hydrogens (tertiary/aromatic N) is 4. The predicted octanol–water partition coefficient (Wildman–Crippen LogP) is 2.18. The number of nitrogens with two attached hydrogens (primary N) is 1. The Morgan fingerprint density at radius 2 is 1.80 bits per heavy atom. The first kappa shape index (κ1) is 24.2. The molecule has 0 fully saturated rings. The molecule has 2 amide bonds. The summed E-state index contributed by atoms with van der Waals surface area (Å²) in [5, 5.41) is 2.88. The van der Waals surface area contributed by atoms with Crippen LogP contribution in [0.1, 0.15) is 27.2 Å². The molecule has 3 aromatic rings. The largest absolute Gasteiger partial charge is 0.351 e. The van der Waals surface area contributed by atoms with Crippen LogP contribution in [-0.2, 0) is 11.3 Å².